The van der Waals surface area contributed by atoms with Crippen LogP contribution < -0.4 is 5.32 Å². The van der Waals surface area contributed by atoms with E-state index < -0.39 is 0 Å². The zero-order valence-corrected chi connectivity index (χ0v) is 12.2. The first-order chi connectivity index (χ1) is 8.63. The van der Waals surface area contributed by atoms with Gasteiger partial charge in [-0.2, -0.15) is 10.2 Å². The molecule has 1 heterocycles. The SMILES string of the molecule is CCCNC(CC(C)CC(C)C)c1ccnnc1. The summed E-state index contributed by atoms with van der Waals surface area (Å²) in [6.07, 6.45) is 7.28. The molecule has 1 rings (SSSR count). The van der Waals surface area contributed by atoms with Gasteiger partial charge in [-0.1, -0.05) is 27.7 Å². The molecule has 0 aromatic carbocycles. The molecule has 0 aliphatic rings. The van der Waals surface area contributed by atoms with Gasteiger partial charge in [-0.05, 0) is 49.3 Å². The van der Waals surface area contributed by atoms with Crippen LogP contribution in [-0.4, -0.2) is 16.7 Å². The molecule has 102 valence electrons. The first-order valence-corrected chi connectivity index (χ1v) is 7.13. The van der Waals surface area contributed by atoms with E-state index in [4.69, 9.17) is 0 Å². The Bertz CT molecular complexity index is 311. The molecule has 0 aliphatic carbocycles. The Morgan fingerprint density at radius 3 is 2.50 bits per heavy atom. The third-order valence-electron chi connectivity index (χ3n) is 3.16. The molecule has 0 saturated carbocycles. The van der Waals surface area contributed by atoms with Gasteiger partial charge >= 0.3 is 0 Å². The molecule has 3 nitrogen and oxygen atoms in total. The molecular weight excluding hydrogens is 222 g/mol. The summed E-state index contributed by atoms with van der Waals surface area (Å²) in [4.78, 5) is 0. The predicted molar refractivity (Wildman–Crippen MR) is 76.3 cm³/mol. The van der Waals surface area contributed by atoms with E-state index in [-0.39, 0.29) is 0 Å². The van der Waals surface area contributed by atoms with Gasteiger partial charge in [0.2, 0.25) is 0 Å². The minimum Gasteiger partial charge on any atom is -0.310 e. The summed E-state index contributed by atoms with van der Waals surface area (Å²) in [5, 5.41) is 11.5. The zero-order valence-electron chi connectivity index (χ0n) is 12.2. The molecule has 0 fully saturated rings. The molecule has 1 N–H and O–H groups in total. The summed E-state index contributed by atoms with van der Waals surface area (Å²) in [5.41, 5.74) is 1.26. The van der Waals surface area contributed by atoms with Crippen molar-refractivity contribution in [2.24, 2.45) is 11.8 Å². The van der Waals surface area contributed by atoms with Crippen molar-refractivity contribution < 1.29 is 0 Å². The van der Waals surface area contributed by atoms with Gasteiger partial charge in [-0.15, -0.1) is 0 Å². The highest BCUT2D eigenvalue weighted by Gasteiger charge is 2.15. The van der Waals surface area contributed by atoms with E-state index in [1.54, 1.807) is 6.20 Å². The van der Waals surface area contributed by atoms with Crippen LogP contribution in [0.1, 0.15) is 58.6 Å². The molecular formula is C15H27N3. The average Bonchev–Trinajstić information content (AvgIpc) is 2.34. The highest BCUT2D eigenvalue weighted by molar-refractivity contribution is 5.11. The largest absolute Gasteiger partial charge is 0.310 e. The number of nitrogens with one attached hydrogen (secondary N) is 1. The molecule has 0 aliphatic heterocycles. The Kier molecular flexibility index (Phi) is 6.88. The van der Waals surface area contributed by atoms with E-state index in [0.29, 0.717) is 6.04 Å². The Morgan fingerprint density at radius 2 is 1.94 bits per heavy atom. The fourth-order valence-corrected chi connectivity index (χ4v) is 2.47. The first-order valence-electron chi connectivity index (χ1n) is 7.13. The molecule has 0 spiro atoms. The van der Waals surface area contributed by atoms with Gasteiger partial charge in [-0.25, -0.2) is 0 Å². The van der Waals surface area contributed by atoms with Crippen molar-refractivity contribution in [2.45, 2.75) is 53.0 Å². The highest BCUT2D eigenvalue weighted by Crippen LogP contribution is 2.24. The van der Waals surface area contributed by atoms with E-state index in [9.17, 15) is 0 Å². The lowest BCUT2D eigenvalue weighted by Crippen LogP contribution is -2.24. The van der Waals surface area contributed by atoms with Crippen molar-refractivity contribution in [1.29, 1.82) is 0 Å². The van der Waals surface area contributed by atoms with E-state index in [1.165, 1.54) is 18.4 Å². The second kappa shape index (κ2) is 8.20. The second-order valence-corrected chi connectivity index (χ2v) is 5.65. The molecule has 2 unspecified atom stereocenters. The van der Waals surface area contributed by atoms with Gasteiger partial charge < -0.3 is 5.32 Å². The van der Waals surface area contributed by atoms with Gasteiger partial charge in [0, 0.05) is 12.2 Å². The van der Waals surface area contributed by atoms with Crippen molar-refractivity contribution in [1.82, 2.24) is 15.5 Å². The highest BCUT2D eigenvalue weighted by atomic mass is 15.1. The Balaban J connectivity index is 2.61. The maximum absolute atomic E-state index is 3.99. The van der Waals surface area contributed by atoms with Gasteiger partial charge in [-0.3, -0.25) is 0 Å². The van der Waals surface area contributed by atoms with Crippen LogP contribution in [0, 0.1) is 11.8 Å². The average molecular weight is 249 g/mol. The molecule has 0 amide bonds. The van der Waals surface area contributed by atoms with Crippen LogP contribution in [-0.2, 0) is 0 Å². The molecule has 18 heavy (non-hydrogen) atoms. The number of hydrogen-bond donors (Lipinski definition) is 1. The summed E-state index contributed by atoms with van der Waals surface area (Å²) in [5.74, 6) is 1.50. The zero-order chi connectivity index (χ0) is 13.4. The predicted octanol–water partition coefficient (Wildman–Crippen LogP) is 3.59. The van der Waals surface area contributed by atoms with Crippen molar-refractivity contribution in [3.63, 3.8) is 0 Å². The summed E-state index contributed by atoms with van der Waals surface area (Å²) in [7, 11) is 0. The van der Waals surface area contributed by atoms with Gasteiger partial charge in [0.15, 0.2) is 0 Å². The minimum atomic E-state index is 0.411. The maximum Gasteiger partial charge on any atom is 0.0544 e. The van der Waals surface area contributed by atoms with Crippen LogP contribution in [0.5, 0.6) is 0 Å². The van der Waals surface area contributed by atoms with Crippen LogP contribution in [0.3, 0.4) is 0 Å². The monoisotopic (exact) mass is 249 g/mol. The molecule has 2 atom stereocenters. The lowest BCUT2D eigenvalue weighted by Gasteiger charge is -2.23. The van der Waals surface area contributed by atoms with Crippen LogP contribution in [0.25, 0.3) is 0 Å². The van der Waals surface area contributed by atoms with Crippen LogP contribution in [0.15, 0.2) is 18.5 Å². The molecule has 0 radical (unpaired) electrons. The Morgan fingerprint density at radius 1 is 1.17 bits per heavy atom. The summed E-state index contributed by atoms with van der Waals surface area (Å²) < 4.78 is 0. The normalized spacial score (nSPS) is 14.7. The molecule has 3 heteroatoms. The smallest absolute Gasteiger partial charge is 0.0544 e. The van der Waals surface area contributed by atoms with E-state index >= 15 is 0 Å². The number of nitrogens with zero attached hydrogens (tertiary/aromatic N) is 2. The first kappa shape index (κ1) is 15.1. The second-order valence-electron chi connectivity index (χ2n) is 5.65. The number of aromatic nitrogens is 2. The lowest BCUT2D eigenvalue weighted by molar-refractivity contribution is 0.355. The third kappa shape index (κ3) is 5.58. The Labute approximate surface area is 111 Å². The van der Waals surface area contributed by atoms with Crippen LogP contribution >= 0.6 is 0 Å². The fraction of sp³-hybridized carbons (Fsp3) is 0.733. The van der Waals surface area contributed by atoms with Crippen molar-refractivity contribution in [3.8, 4) is 0 Å². The summed E-state index contributed by atoms with van der Waals surface area (Å²) in [6, 6.07) is 2.48. The lowest BCUT2D eigenvalue weighted by atomic mass is 9.90. The van der Waals surface area contributed by atoms with Gasteiger partial charge in [0.1, 0.15) is 0 Å². The van der Waals surface area contributed by atoms with Crippen molar-refractivity contribution in [2.75, 3.05) is 6.54 Å². The molecule has 0 bridgehead atoms. The Hall–Kier alpha value is -0.960. The quantitative estimate of drug-likeness (QED) is 0.765. The van der Waals surface area contributed by atoms with Crippen LogP contribution in [0.2, 0.25) is 0 Å². The standard InChI is InChI=1S/C15H27N3/c1-5-7-16-15(10-13(4)9-12(2)3)14-6-8-17-18-11-14/h6,8,11-13,15-16H,5,7,9-10H2,1-4H3. The summed E-state index contributed by atoms with van der Waals surface area (Å²) >= 11 is 0. The molecule has 1 aromatic rings. The number of rotatable bonds is 8. The number of hydrogen-bond acceptors (Lipinski definition) is 3. The summed E-state index contributed by atoms with van der Waals surface area (Å²) in [6.45, 7) is 10.2. The van der Waals surface area contributed by atoms with E-state index in [0.717, 1.165) is 24.8 Å². The van der Waals surface area contributed by atoms with E-state index in [2.05, 4.69) is 49.3 Å². The minimum absolute atomic E-state index is 0.411. The van der Waals surface area contributed by atoms with Gasteiger partial charge in [0.25, 0.3) is 0 Å². The van der Waals surface area contributed by atoms with Crippen molar-refractivity contribution in [3.05, 3.63) is 24.0 Å². The van der Waals surface area contributed by atoms with Gasteiger partial charge in [0.05, 0.1) is 6.20 Å². The third-order valence-corrected chi connectivity index (χ3v) is 3.16. The fourth-order valence-electron chi connectivity index (χ4n) is 2.47. The molecule has 0 saturated heterocycles. The topological polar surface area (TPSA) is 37.8 Å². The van der Waals surface area contributed by atoms with E-state index in [1.807, 2.05) is 6.20 Å². The maximum atomic E-state index is 3.99. The molecule has 1 aromatic heterocycles. The van der Waals surface area contributed by atoms with Crippen molar-refractivity contribution >= 4 is 0 Å². The van der Waals surface area contributed by atoms with Crippen LogP contribution in [0.4, 0.5) is 0 Å².